The Morgan fingerprint density at radius 1 is 0.697 bits per heavy atom. The van der Waals surface area contributed by atoms with Gasteiger partial charge in [-0.05, 0) is 52.9 Å². The molecule has 0 atom stereocenters. The maximum atomic E-state index is 11.9. The highest BCUT2D eigenvalue weighted by molar-refractivity contribution is 5.92. The fourth-order valence-electron chi connectivity index (χ4n) is 3.53. The first kappa shape index (κ1) is 22.2. The number of carboxylic acids is 1. The molecule has 4 heteroatoms. The van der Waals surface area contributed by atoms with E-state index in [9.17, 15) is 9.90 Å². The van der Waals surface area contributed by atoms with Crippen molar-refractivity contribution in [2.45, 2.75) is 26.2 Å². The molecule has 4 nitrogen and oxygen atoms in total. The van der Waals surface area contributed by atoms with E-state index in [0.717, 1.165) is 5.56 Å². The molecule has 0 saturated heterocycles. The van der Waals surface area contributed by atoms with E-state index in [4.69, 9.17) is 9.47 Å². The summed E-state index contributed by atoms with van der Waals surface area (Å²) in [7, 11) is 0. The Kier molecular flexibility index (Phi) is 6.18. The first-order chi connectivity index (χ1) is 15.8. The first-order valence-corrected chi connectivity index (χ1v) is 10.8. The van der Waals surface area contributed by atoms with Gasteiger partial charge >= 0.3 is 5.97 Å². The van der Waals surface area contributed by atoms with Crippen LogP contribution < -0.4 is 9.47 Å². The average Bonchev–Trinajstić information content (AvgIpc) is 2.80. The Morgan fingerprint density at radius 3 is 1.55 bits per heavy atom. The van der Waals surface area contributed by atoms with Gasteiger partial charge in [-0.25, -0.2) is 4.79 Å². The molecule has 0 amide bonds. The molecule has 166 valence electrons. The molecule has 0 spiro atoms. The molecule has 0 aliphatic rings. The van der Waals surface area contributed by atoms with E-state index in [-0.39, 0.29) is 11.0 Å². The van der Waals surface area contributed by atoms with Crippen LogP contribution in [-0.2, 0) is 5.41 Å². The molecule has 0 saturated carbocycles. The van der Waals surface area contributed by atoms with E-state index in [1.165, 1.54) is 5.56 Å². The average molecular weight is 439 g/mol. The fraction of sp³-hybridized carbons (Fsp3) is 0.138. The molecule has 4 rings (SSSR count). The lowest BCUT2D eigenvalue weighted by molar-refractivity contribution is 0.0696. The van der Waals surface area contributed by atoms with Gasteiger partial charge < -0.3 is 14.6 Å². The van der Waals surface area contributed by atoms with Crippen LogP contribution in [0.5, 0.6) is 23.0 Å². The van der Waals surface area contributed by atoms with E-state index in [1.54, 1.807) is 12.1 Å². The van der Waals surface area contributed by atoms with Crippen LogP contribution in [0.1, 0.15) is 36.7 Å². The van der Waals surface area contributed by atoms with Gasteiger partial charge in [0, 0.05) is 0 Å². The Labute approximate surface area is 194 Å². The van der Waals surface area contributed by atoms with Gasteiger partial charge in [-0.3, -0.25) is 0 Å². The van der Waals surface area contributed by atoms with Gasteiger partial charge in [0.1, 0.15) is 23.0 Å². The predicted octanol–water partition coefficient (Wildman–Crippen LogP) is 7.93. The SMILES string of the molecule is CC(C)(C)c1ccc(-c2c(Oc3ccccc3)cc(C(=O)O)cc2Oc2ccccc2)cc1. The summed E-state index contributed by atoms with van der Waals surface area (Å²) in [4.78, 5) is 11.9. The second kappa shape index (κ2) is 9.21. The summed E-state index contributed by atoms with van der Waals surface area (Å²) in [6.45, 7) is 6.49. The molecule has 0 heterocycles. The van der Waals surface area contributed by atoms with Crippen molar-refractivity contribution < 1.29 is 19.4 Å². The zero-order valence-electron chi connectivity index (χ0n) is 18.9. The molecule has 0 bridgehead atoms. The molecule has 0 radical (unpaired) electrons. The number of carboxylic acid groups (broad SMARTS) is 1. The molecular formula is C29H26O4. The maximum absolute atomic E-state index is 11.9. The number of rotatable bonds is 6. The third kappa shape index (κ3) is 5.24. The second-order valence-corrected chi connectivity index (χ2v) is 8.81. The van der Waals surface area contributed by atoms with Crippen molar-refractivity contribution in [2.75, 3.05) is 0 Å². The molecule has 0 aliphatic heterocycles. The number of aromatic carboxylic acids is 1. The molecular weight excluding hydrogens is 412 g/mol. The normalized spacial score (nSPS) is 11.1. The molecule has 0 aromatic heterocycles. The van der Waals surface area contributed by atoms with Gasteiger partial charge in [-0.15, -0.1) is 0 Å². The Morgan fingerprint density at radius 2 is 1.15 bits per heavy atom. The quantitative estimate of drug-likeness (QED) is 0.332. The topological polar surface area (TPSA) is 55.8 Å². The van der Waals surface area contributed by atoms with Crippen LogP contribution in [0.3, 0.4) is 0 Å². The summed E-state index contributed by atoms with van der Waals surface area (Å²) >= 11 is 0. The minimum Gasteiger partial charge on any atom is -0.478 e. The third-order valence-corrected chi connectivity index (χ3v) is 5.29. The van der Waals surface area contributed by atoms with Crippen molar-refractivity contribution in [1.82, 2.24) is 0 Å². The highest BCUT2D eigenvalue weighted by Gasteiger charge is 2.21. The smallest absolute Gasteiger partial charge is 0.335 e. The molecule has 4 aromatic carbocycles. The summed E-state index contributed by atoms with van der Waals surface area (Å²) in [5, 5.41) is 9.74. The van der Waals surface area contributed by atoms with Crippen molar-refractivity contribution in [3.05, 3.63) is 108 Å². The van der Waals surface area contributed by atoms with E-state index >= 15 is 0 Å². The number of hydrogen-bond acceptors (Lipinski definition) is 3. The summed E-state index contributed by atoms with van der Waals surface area (Å²) < 4.78 is 12.4. The van der Waals surface area contributed by atoms with Crippen LogP contribution in [-0.4, -0.2) is 11.1 Å². The van der Waals surface area contributed by atoms with Crippen LogP contribution in [0.25, 0.3) is 11.1 Å². The summed E-state index contributed by atoms with van der Waals surface area (Å²) in [5.41, 5.74) is 2.86. The minimum absolute atomic E-state index is 0.0123. The number of hydrogen-bond donors (Lipinski definition) is 1. The summed E-state index contributed by atoms with van der Waals surface area (Å²) in [5.74, 6) is 0.989. The lowest BCUT2D eigenvalue weighted by atomic mass is 9.86. The maximum Gasteiger partial charge on any atom is 0.335 e. The van der Waals surface area contributed by atoms with Gasteiger partial charge in [-0.2, -0.15) is 0 Å². The second-order valence-electron chi connectivity index (χ2n) is 8.81. The Bertz CT molecular complexity index is 1180. The van der Waals surface area contributed by atoms with Crippen molar-refractivity contribution in [2.24, 2.45) is 0 Å². The molecule has 0 fully saturated rings. The molecule has 33 heavy (non-hydrogen) atoms. The van der Waals surface area contributed by atoms with Gasteiger partial charge in [0.15, 0.2) is 0 Å². The zero-order valence-corrected chi connectivity index (χ0v) is 18.9. The summed E-state index contributed by atoms with van der Waals surface area (Å²) in [6.07, 6.45) is 0. The van der Waals surface area contributed by atoms with Gasteiger partial charge in [0.25, 0.3) is 0 Å². The van der Waals surface area contributed by atoms with Crippen molar-refractivity contribution in [3.63, 3.8) is 0 Å². The van der Waals surface area contributed by atoms with Crippen molar-refractivity contribution >= 4 is 5.97 Å². The lowest BCUT2D eigenvalue weighted by Gasteiger charge is -2.21. The first-order valence-electron chi connectivity index (χ1n) is 10.8. The third-order valence-electron chi connectivity index (χ3n) is 5.29. The highest BCUT2D eigenvalue weighted by Crippen LogP contribution is 2.44. The van der Waals surface area contributed by atoms with Gasteiger partial charge in [-0.1, -0.05) is 81.4 Å². The fourth-order valence-corrected chi connectivity index (χ4v) is 3.53. The van der Waals surface area contributed by atoms with Crippen LogP contribution >= 0.6 is 0 Å². The number of carbonyl (C=O) groups is 1. The van der Waals surface area contributed by atoms with E-state index in [1.807, 2.05) is 72.8 Å². The zero-order chi connectivity index (χ0) is 23.4. The Hall–Kier alpha value is -4.05. The number of para-hydroxylation sites is 2. The molecule has 0 unspecified atom stereocenters. The monoisotopic (exact) mass is 438 g/mol. The highest BCUT2D eigenvalue weighted by atomic mass is 16.5. The van der Waals surface area contributed by atoms with Crippen molar-refractivity contribution in [3.8, 4) is 34.1 Å². The van der Waals surface area contributed by atoms with Crippen LogP contribution in [0, 0.1) is 0 Å². The minimum atomic E-state index is -1.06. The van der Waals surface area contributed by atoms with E-state index < -0.39 is 5.97 Å². The number of benzene rings is 4. The summed E-state index contributed by atoms with van der Waals surface area (Å²) in [6, 6.07) is 29.9. The van der Waals surface area contributed by atoms with Crippen molar-refractivity contribution in [1.29, 1.82) is 0 Å². The molecule has 0 aliphatic carbocycles. The Balaban J connectivity index is 1.90. The van der Waals surface area contributed by atoms with Gasteiger partial charge in [0.2, 0.25) is 0 Å². The van der Waals surface area contributed by atoms with Crippen LogP contribution in [0.4, 0.5) is 0 Å². The molecule has 1 N–H and O–H groups in total. The number of ether oxygens (including phenoxy) is 2. The standard InChI is InChI=1S/C29H26O4/c1-29(2,3)22-16-14-20(15-17-22)27-25(32-23-10-6-4-7-11-23)18-21(28(30)31)19-26(27)33-24-12-8-5-9-13-24/h4-19H,1-3H3,(H,30,31). The molecule has 4 aromatic rings. The van der Waals surface area contributed by atoms with Gasteiger partial charge in [0.05, 0.1) is 11.1 Å². The van der Waals surface area contributed by atoms with E-state index in [2.05, 4.69) is 32.9 Å². The predicted molar refractivity (Wildman–Crippen MR) is 131 cm³/mol. The van der Waals surface area contributed by atoms with Crippen LogP contribution in [0.2, 0.25) is 0 Å². The lowest BCUT2D eigenvalue weighted by Crippen LogP contribution is -2.10. The van der Waals surface area contributed by atoms with E-state index in [0.29, 0.717) is 28.6 Å². The largest absolute Gasteiger partial charge is 0.478 e. The van der Waals surface area contributed by atoms with Crippen LogP contribution in [0.15, 0.2) is 97.1 Å².